The van der Waals surface area contributed by atoms with Gasteiger partial charge in [-0.2, -0.15) is 0 Å². The van der Waals surface area contributed by atoms with E-state index >= 15 is 0 Å². The van der Waals surface area contributed by atoms with Gasteiger partial charge in [-0.1, -0.05) is 0 Å². The first-order chi connectivity index (χ1) is 12.9. The summed E-state index contributed by atoms with van der Waals surface area (Å²) < 4.78 is 39.5. The molecular weight excluding hydrogens is 352 g/mol. The molecule has 0 aliphatic rings. The summed E-state index contributed by atoms with van der Waals surface area (Å²) in [5.74, 6) is -1.90. The molecule has 0 atom stereocenters. The van der Waals surface area contributed by atoms with Crippen LogP contribution in [-0.2, 0) is 4.74 Å². The van der Waals surface area contributed by atoms with Crippen LogP contribution in [0, 0.1) is 25.5 Å². The van der Waals surface area contributed by atoms with E-state index in [-0.39, 0.29) is 17.9 Å². The topological polar surface area (TPSA) is 48.4 Å². The third-order valence-corrected chi connectivity index (χ3v) is 4.48. The van der Waals surface area contributed by atoms with E-state index < -0.39 is 17.6 Å². The largest absolute Gasteiger partial charge is 0.497 e. The summed E-state index contributed by atoms with van der Waals surface area (Å²) in [6.07, 6.45) is 0. The van der Waals surface area contributed by atoms with E-state index in [2.05, 4.69) is 4.98 Å². The summed E-state index contributed by atoms with van der Waals surface area (Å²) >= 11 is 0. The standard InChI is InChI=1S/C21H19F2NO3/c1-5-27-21(25)13-6-7-18-15(8-13)19(11(2)12(3)24-18)20-16(22)9-14(26-4)10-17(20)23/h6-10H,5H2,1-4H3. The smallest absolute Gasteiger partial charge is 0.338 e. The van der Waals surface area contributed by atoms with E-state index in [9.17, 15) is 13.6 Å². The molecule has 0 aliphatic heterocycles. The van der Waals surface area contributed by atoms with Gasteiger partial charge >= 0.3 is 5.97 Å². The third kappa shape index (κ3) is 3.35. The highest BCUT2D eigenvalue weighted by Crippen LogP contribution is 2.37. The average molecular weight is 371 g/mol. The fraction of sp³-hybridized carbons (Fsp3) is 0.238. The highest BCUT2D eigenvalue weighted by Gasteiger charge is 2.21. The van der Waals surface area contributed by atoms with E-state index in [4.69, 9.17) is 9.47 Å². The molecule has 0 saturated heterocycles. The molecule has 0 N–H and O–H groups in total. The maximum absolute atomic E-state index is 14.8. The van der Waals surface area contributed by atoms with E-state index in [1.165, 1.54) is 7.11 Å². The van der Waals surface area contributed by atoms with Gasteiger partial charge in [-0.05, 0) is 44.5 Å². The Bertz CT molecular complexity index is 1020. The van der Waals surface area contributed by atoms with E-state index in [1.54, 1.807) is 39.0 Å². The third-order valence-electron chi connectivity index (χ3n) is 4.48. The van der Waals surface area contributed by atoms with Crippen LogP contribution in [0.1, 0.15) is 28.5 Å². The maximum atomic E-state index is 14.8. The first kappa shape index (κ1) is 18.8. The lowest BCUT2D eigenvalue weighted by molar-refractivity contribution is 0.0526. The van der Waals surface area contributed by atoms with Crippen LogP contribution < -0.4 is 4.74 Å². The summed E-state index contributed by atoms with van der Waals surface area (Å²) in [6, 6.07) is 7.07. The zero-order chi connectivity index (χ0) is 19.7. The number of aromatic nitrogens is 1. The molecule has 140 valence electrons. The summed E-state index contributed by atoms with van der Waals surface area (Å²) in [7, 11) is 1.34. The summed E-state index contributed by atoms with van der Waals surface area (Å²) in [6.45, 7) is 5.46. The van der Waals surface area contributed by atoms with Crippen molar-refractivity contribution in [3.05, 3.63) is 58.8 Å². The fourth-order valence-electron chi connectivity index (χ4n) is 3.05. The molecule has 0 saturated carbocycles. The lowest BCUT2D eigenvalue weighted by Crippen LogP contribution is -2.05. The second-order valence-corrected chi connectivity index (χ2v) is 6.12. The second kappa shape index (κ2) is 7.31. The zero-order valence-corrected chi connectivity index (χ0v) is 15.5. The van der Waals surface area contributed by atoms with Gasteiger partial charge in [-0.25, -0.2) is 13.6 Å². The number of esters is 1. The van der Waals surface area contributed by atoms with Crippen LogP contribution in [-0.4, -0.2) is 24.7 Å². The van der Waals surface area contributed by atoms with Crippen molar-refractivity contribution in [2.45, 2.75) is 20.8 Å². The quantitative estimate of drug-likeness (QED) is 0.607. The number of hydrogen-bond donors (Lipinski definition) is 0. The van der Waals surface area contributed by atoms with Crippen LogP contribution in [0.2, 0.25) is 0 Å². The van der Waals surface area contributed by atoms with Gasteiger partial charge in [-0.3, -0.25) is 4.98 Å². The van der Waals surface area contributed by atoms with Gasteiger partial charge in [0.25, 0.3) is 0 Å². The highest BCUT2D eigenvalue weighted by molar-refractivity contribution is 6.01. The Labute approximate surface area is 155 Å². The van der Waals surface area contributed by atoms with Gasteiger partial charge < -0.3 is 9.47 Å². The zero-order valence-electron chi connectivity index (χ0n) is 15.5. The molecule has 0 spiro atoms. The molecule has 4 nitrogen and oxygen atoms in total. The molecule has 0 bridgehead atoms. The molecule has 2 aromatic carbocycles. The first-order valence-electron chi connectivity index (χ1n) is 8.48. The number of benzene rings is 2. The number of carbonyl (C=O) groups excluding carboxylic acids is 1. The highest BCUT2D eigenvalue weighted by atomic mass is 19.1. The molecular formula is C21H19F2NO3. The summed E-state index contributed by atoms with van der Waals surface area (Å²) in [5.41, 5.74) is 2.30. The monoisotopic (exact) mass is 371 g/mol. The van der Waals surface area contributed by atoms with Crippen molar-refractivity contribution in [1.82, 2.24) is 4.98 Å². The molecule has 0 radical (unpaired) electrons. The number of ether oxygens (including phenoxy) is 2. The predicted octanol–water partition coefficient (Wildman–Crippen LogP) is 4.98. The van der Waals surface area contributed by atoms with E-state index in [0.29, 0.717) is 33.3 Å². The van der Waals surface area contributed by atoms with Crippen LogP contribution in [0.15, 0.2) is 30.3 Å². The summed E-state index contributed by atoms with van der Waals surface area (Å²) in [5, 5.41) is 0.478. The van der Waals surface area contributed by atoms with E-state index in [0.717, 1.165) is 12.1 Å². The number of aryl methyl sites for hydroxylation is 1. The Hall–Kier alpha value is -3.02. The average Bonchev–Trinajstić information content (AvgIpc) is 2.63. The minimum Gasteiger partial charge on any atom is -0.497 e. The van der Waals surface area contributed by atoms with Gasteiger partial charge in [0.15, 0.2) is 0 Å². The Morgan fingerprint density at radius 2 is 1.74 bits per heavy atom. The number of pyridine rings is 1. The molecule has 1 heterocycles. The number of carbonyl (C=O) groups is 1. The van der Waals surface area contributed by atoms with Crippen LogP contribution in [0.4, 0.5) is 8.78 Å². The van der Waals surface area contributed by atoms with Crippen LogP contribution in [0.5, 0.6) is 5.75 Å². The second-order valence-electron chi connectivity index (χ2n) is 6.12. The molecule has 3 rings (SSSR count). The van der Waals surface area contributed by atoms with Gasteiger partial charge in [0.05, 0.1) is 30.4 Å². The molecule has 0 amide bonds. The first-order valence-corrected chi connectivity index (χ1v) is 8.48. The van der Waals surface area contributed by atoms with Gasteiger partial charge in [-0.15, -0.1) is 0 Å². The van der Waals surface area contributed by atoms with Crippen molar-refractivity contribution < 1.29 is 23.0 Å². The number of rotatable bonds is 4. The number of methoxy groups -OCH3 is 1. The Morgan fingerprint density at radius 3 is 2.33 bits per heavy atom. The Balaban J connectivity index is 2.36. The number of halogens is 2. The Kier molecular flexibility index (Phi) is 5.08. The molecule has 0 fully saturated rings. The number of hydrogen-bond acceptors (Lipinski definition) is 4. The van der Waals surface area contributed by atoms with Gasteiger partial charge in [0, 0.05) is 28.8 Å². The van der Waals surface area contributed by atoms with Crippen LogP contribution in [0.3, 0.4) is 0 Å². The van der Waals surface area contributed by atoms with Crippen LogP contribution >= 0.6 is 0 Å². The van der Waals surface area contributed by atoms with Gasteiger partial charge in [0.1, 0.15) is 17.4 Å². The van der Waals surface area contributed by atoms with Crippen molar-refractivity contribution in [2.24, 2.45) is 0 Å². The maximum Gasteiger partial charge on any atom is 0.338 e. The lowest BCUT2D eigenvalue weighted by atomic mass is 9.93. The number of nitrogens with zero attached hydrogens (tertiary/aromatic N) is 1. The van der Waals surface area contributed by atoms with Crippen molar-refractivity contribution >= 4 is 16.9 Å². The Morgan fingerprint density at radius 1 is 1.07 bits per heavy atom. The molecule has 27 heavy (non-hydrogen) atoms. The normalized spacial score (nSPS) is 10.9. The van der Waals surface area contributed by atoms with Crippen molar-refractivity contribution in [3.8, 4) is 16.9 Å². The van der Waals surface area contributed by atoms with Crippen molar-refractivity contribution in [3.63, 3.8) is 0 Å². The minimum atomic E-state index is -0.747. The minimum absolute atomic E-state index is 0.0914. The van der Waals surface area contributed by atoms with Crippen LogP contribution in [0.25, 0.3) is 22.0 Å². The SMILES string of the molecule is CCOC(=O)c1ccc2nc(C)c(C)c(-c3c(F)cc(OC)cc3F)c2c1. The molecule has 0 aliphatic carbocycles. The molecule has 3 aromatic rings. The summed E-state index contributed by atoms with van der Waals surface area (Å²) in [4.78, 5) is 16.6. The molecule has 1 aromatic heterocycles. The van der Waals surface area contributed by atoms with E-state index in [1.807, 2.05) is 0 Å². The molecule has 0 unspecified atom stereocenters. The van der Waals surface area contributed by atoms with Crippen molar-refractivity contribution in [1.29, 1.82) is 0 Å². The van der Waals surface area contributed by atoms with Gasteiger partial charge in [0.2, 0.25) is 0 Å². The number of fused-ring (bicyclic) bond motifs is 1. The molecule has 6 heteroatoms. The van der Waals surface area contributed by atoms with Crippen molar-refractivity contribution in [2.75, 3.05) is 13.7 Å². The lowest BCUT2D eigenvalue weighted by Gasteiger charge is -2.16. The predicted molar refractivity (Wildman–Crippen MR) is 99.1 cm³/mol. The fourth-order valence-corrected chi connectivity index (χ4v) is 3.05.